The second kappa shape index (κ2) is 4.69. The number of rotatable bonds is 3. The average Bonchev–Trinajstić information content (AvgIpc) is 2.73. The number of halogens is 1. The van der Waals surface area contributed by atoms with Gasteiger partial charge in [-0.25, -0.2) is 9.37 Å². The van der Waals surface area contributed by atoms with E-state index in [1.165, 1.54) is 41.8 Å². The minimum atomic E-state index is -0.347. The molecule has 0 bridgehead atoms. The lowest BCUT2D eigenvalue weighted by molar-refractivity contribution is 0.278. The highest BCUT2D eigenvalue weighted by Gasteiger charge is 2.07. The molecule has 0 spiro atoms. The first kappa shape index (κ1) is 10.5. The monoisotopic (exact) mass is 242 g/mol. The van der Waals surface area contributed by atoms with Gasteiger partial charge < -0.3 is 5.11 Å². The topological polar surface area (TPSA) is 46.0 Å². The van der Waals surface area contributed by atoms with Crippen LogP contribution in [-0.2, 0) is 6.61 Å². The lowest BCUT2D eigenvalue weighted by Crippen LogP contribution is -1.88. The zero-order valence-corrected chi connectivity index (χ0v) is 9.19. The second-order valence-electron chi connectivity index (χ2n) is 2.72. The van der Waals surface area contributed by atoms with Gasteiger partial charge in [-0.05, 0) is 35.3 Å². The molecule has 0 amide bonds. The summed E-state index contributed by atoms with van der Waals surface area (Å²) in [6.45, 7) is -0.182. The van der Waals surface area contributed by atoms with Gasteiger partial charge in [-0.3, -0.25) is 0 Å². The Morgan fingerprint density at radius 2 is 2.33 bits per heavy atom. The molecule has 3 nitrogen and oxygen atoms in total. The maximum atomic E-state index is 12.9. The van der Waals surface area contributed by atoms with Gasteiger partial charge in [-0.1, -0.05) is 11.8 Å². The predicted octanol–water partition coefficient (Wildman–Crippen LogP) is 2.32. The van der Waals surface area contributed by atoms with Crippen LogP contribution in [0, 0.1) is 5.82 Å². The zero-order valence-electron chi connectivity index (χ0n) is 7.55. The van der Waals surface area contributed by atoms with Crippen molar-refractivity contribution in [2.75, 3.05) is 0 Å². The molecular formula is C9H7FN2OS2. The predicted molar refractivity (Wildman–Crippen MR) is 56.4 cm³/mol. The molecule has 0 atom stereocenters. The molecule has 0 saturated carbocycles. The molecule has 2 rings (SSSR count). The Morgan fingerprint density at radius 1 is 1.47 bits per heavy atom. The molecule has 0 radical (unpaired) electrons. The van der Waals surface area contributed by atoms with Crippen LogP contribution in [0.4, 0.5) is 4.39 Å². The summed E-state index contributed by atoms with van der Waals surface area (Å²) in [5, 5.41) is 9.06. The van der Waals surface area contributed by atoms with Crippen molar-refractivity contribution in [3.63, 3.8) is 0 Å². The Morgan fingerprint density at radius 3 is 3.00 bits per heavy atom. The van der Waals surface area contributed by atoms with E-state index in [0.29, 0.717) is 5.56 Å². The molecule has 15 heavy (non-hydrogen) atoms. The fourth-order valence-corrected chi connectivity index (χ4v) is 2.58. The maximum absolute atomic E-state index is 12.9. The van der Waals surface area contributed by atoms with E-state index in [9.17, 15) is 4.39 Å². The molecule has 0 unspecified atom stereocenters. The molecule has 0 aliphatic heterocycles. The Hall–Kier alpha value is -0.980. The Kier molecular flexibility index (Phi) is 3.30. The molecule has 0 aliphatic carbocycles. The van der Waals surface area contributed by atoms with Gasteiger partial charge in [0.2, 0.25) is 0 Å². The summed E-state index contributed by atoms with van der Waals surface area (Å²) < 4.78 is 17.5. The van der Waals surface area contributed by atoms with Crippen LogP contribution in [0.1, 0.15) is 5.56 Å². The van der Waals surface area contributed by atoms with Crippen LogP contribution >= 0.6 is 23.3 Å². The van der Waals surface area contributed by atoms with Gasteiger partial charge in [0.25, 0.3) is 0 Å². The SMILES string of the molecule is OCc1cc(F)ccc1Sc1ncns1. The highest BCUT2D eigenvalue weighted by Crippen LogP contribution is 2.31. The van der Waals surface area contributed by atoms with Crippen molar-refractivity contribution in [1.29, 1.82) is 0 Å². The number of aliphatic hydroxyl groups excluding tert-OH is 1. The van der Waals surface area contributed by atoms with Crippen LogP contribution < -0.4 is 0 Å². The average molecular weight is 242 g/mol. The van der Waals surface area contributed by atoms with Crippen molar-refractivity contribution in [3.05, 3.63) is 35.9 Å². The highest BCUT2D eigenvalue weighted by atomic mass is 32.2. The van der Waals surface area contributed by atoms with E-state index in [1.807, 2.05) is 0 Å². The molecule has 0 saturated heterocycles. The first-order valence-electron chi connectivity index (χ1n) is 4.13. The van der Waals surface area contributed by atoms with Crippen molar-refractivity contribution >= 4 is 23.3 Å². The van der Waals surface area contributed by atoms with E-state index in [2.05, 4.69) is 9.36 Å². The molecule has 6 heteroatoms. The molecule has 1 aromatic carbocycles. The summed E-state index contributed by atoms with van der Waals surface area (Å²) in [4.78, 5) is 4.81. The highest BCUT2D eigenvalue weighted by molar-refractivity contribution is 8.01. The van der Waals surface area contributed by atoms with Crippen molar-refractivity contribution in [3.8, 4) is 0 Å². The summed E-state index contributed by atoms with van der Waals surface area (Å²) >= 11 is 2.64. The van der Waals surface area contributed by atoms with Gasteiger partial charge in [0.05, 0.1) is 6.61 Å². The van der Waals surface area contributed by atoms with Gasteiger partial charge in [0.1, 0.15) is 12.1 Å². The summed E-state index contributed by atoms with van der Waals surface area (Å²) in [5.74, 6) is -0.347. The van der Waals surface area contributed by atoms with Crippen molar-refractivity contribution in [2.24, 2.45) is 0 Å². The van der Waals surface area contributed by atoms with E-state index < -0.39 is 0 Å². The quantitative estimate of drug-likeness (QED) is 0.897. The van der Waals surface area contributed by atoms with Crippen LogP contribution in [0.3, 0.4) is 0 Å². The van der Waals surface area contributed by atoms with Crippen LogP contribution in [0.5, 0.6) is 0 Å². The zero-order chi connectivity index (χ0) is 10.7. The largest absolute Gasteiger partial charge is 0.392 e. The number of aromatic nitrogens is 2. The molecule has 0 aliphatic rings. The number of hydrogen-bond donors (Lipinski definition) is 1. The van der Waals surface area contributed by atoms with Gasteiger partial charge in [0, 0.05) is 4.90 Å². The maximum Gasteiger partial charge on any atom is 0.174 e. The third kappa shape index (κ3) is 2.53. The molecule has 1 aromatic heterocycles. The second-order valence-corrected chi connectivity index (χ2v) is 4.79. The van der Waals surface area contributed by atoms with Crippen LogP contribution in [0.25, 0.3) is 0 Å². The van der Waals surface area contributed by atoms with Crippen molar-refractivity contribution in [2.45, 2.75) is 15.8 Å². The summed E-state index contributed by atoms with van der Waals surface area (Å²) in [6.07, 6.45) is 1.47. The lowest BCUT2D eigenvalue weighted by Gasteiger charge is -2.04. The Bertz CT molecular complexity index is 447. The first-order valence-corrected chi connectivity index (χ1v) is 5.72. The smallest absolute Gasteiger partial charge is 0.174 e. The number of aliphatic hydroxyl groups is 1. The van der Waals surface area contributed by atoms with E-state index in [4.69, 9.17) is 5.11 Å². The fourth-order valence-electron chi connectivity index (χ4n) is 1.07. The third-order valence-electron chi connectivity index (χ3n) is 1.73. The minimum absolute atomic E-state index is 0.182. The van der Waals surface area contributed by atoms with Gasteiger partial charge >= 0.3 is 0 Å². The summed E-state index contributed by atoms with van der Waals surface area (Å²) in [6, 6.07) is 4.32. The third-order valence-corrected chi connectivity index (χ3v) is 3.56. The molecular weight excluding hydrogens is 235 g/mol. The molecule has 0 fully saturated rings. The van der Waals surface area contributed by atoms with Gasteiger partial charge in [-0.2, -0.15) is 4.37 Å². The number of hydrogen-bond acceptors (Lipinski definition) is 5. The van der Waals surface area contributed by atoms with Crippen LogP contribution in [-0.4, -0.2) is 14.5 Å². The molecule has 1 heterocycles. The molecule has 78 valence electrons. The van der Waals surface area contributed by atoms with E-state index >= 15 is 0 Å². The molecule has 2 aromatic rings. The van der Waals surface area contributed by atoms with Crippen molar-refractivity contribution < 1.29 is 9.50 Å². The Balaban J connectivity index is 2.28. The van der Waals surface area contributed by atoms with E-state index in [1.54, 1.807) is 6.07 Å². The lowest BCUT2D eigenvalue weighted by atomic mass is 10.2. The summed E-state index contributed by atoms with van der Waals surface area (Å²) in [5.41, 5.74) is 0.565. The number of nitrogens with zero attached hydrogens (tertiary/aromatic N) is 2. The van der Waals surface area contributed by atoms with Gasteiger partial charge in [-0.15, -0.1) is 0 Å². The Labute approximate surface area is 94.2 Å². The van der Waals surface area contributed by atoms with E-state index in [-0.39, 0.29) is 12.4 Å². The fraction of sp³-hybridized carbons (Fsp3) is 0.111. The van der Waals surface area contributed by atoms with Gasteiger partial charge in [0.15, 0.2) is 4.34 Å². The summed E-state index contributed by atoms with van der Waals surface area (Å²) in [7, 11) is 0. The standard InChI is InChI=1S/C9H7FN2OS2/c10-7-1-2-8(6(3-7)4-13)14-9-11-5-12-15-9/h1-3,5,13H,4H2. The number of benzene rings is 1. The van der Waals surface area contributed by atoms with E-state index in [0.717, 1.165) is 9.24 Å². The first-order chi connectivity index (χ1) is 7.29. The molecule has 1 N–H and O–H groups in total. The normalized spacial score (nSPS) is 10.5. The van der Waals surface area contributed by atoms with Crippen LogP contribution in [0.2, 0.25) is 0 Å². The minimum Gasteiger partial charge on any atom is -0.392 e. The van der Waals surface area contributed by atoms with Crippen molar-refractivity contribution in [1.82, 2.24) is 9.36 Å². The van der Waals surface area contributed by atoms with Crippen LogP contribution in [0.15, 0.2) is 33.8 Å².